The predicted molar refractivity (Wildman–Crippen MR) is 68.8 cm³/mol. The Labute approximate surface area is 107 Å². The van der Waals surface area contributed by atoms with Crippen LogP contribution in [0.25, 0.3) is 0 Å². The summed E-state index contributed by atoms with van der Waals surface area (Å²) in [4.78, 5) is 10.3. The highest BCUT2D eigenvalue weighted by atomic mass is 16.5. The molecule has 1 aromatic rings. The Hall–Kier alpha value is -1.56. The molecule has 1 aliphatic rings. The van der Waals surface area contributed by atoms with Gasteiger partial charge in [-0.15, -0.1) is 0 Å². The minimum Gasteiger partial charge on any atom is -0.479 e. The molecule has 0 spiro atoms. The van der Waals surface area contributed by atoms with Crippen molar-refractivity contribution < 1.29 is 9.47 Å². The lowest BCUT2D eigenvalue weighted by molar-refractivity contribution is 0.228. The molecule has 1 aromatic heterocycles. The average Bonchev–Trinajstić information content (AvgIpc) is 2.77. The second-order valence-corrected chi connectivity index (χ2v) is 4.52. The highest BCUT2D eigenvalue weighted by Crippen LogP contribution is 2.26. The highest BCUT2D eigenvalue weighted by molar-refractivity contribution is 5.55. The molecule has 1 fully saturated rings. The van der Waals surface area contributed by atoms with Crippen molar-refractivity contribution in [2.45, 2.75) is 25.3 Å². The lowest BCUT2D eigenvalue weighted by atomic mass is 10.1. The van der Waals surface area contributed by atoms with Crippen molar-refractivity contribution >= 4 is 5.69 Å². The number of nitrogen functional groups attached to an aromatic ring is 1. The van der Waals surface area contributed by atoms with Gasteiger partial charge in [0.05, 0.1) is 13.7 Å². The van der Waals surface area contributed by atoms with Gasteiger partial charge in [0.15, 0.2) is 5.69 Å². The van der Waals surface area contributed by atoms with Gasteiger partial charge in [-0.05, 0) is 32.9 Å². The van der Waals surface area contributed by atoms with Crippen molar-refractivity contribution in [3.63, 3.8) is 0 Å². The number of rotatable bonds is 5. The second-order valence-electron chi connectivity index (χ2n) is 4.52. The molecule has 0 aromatic carbocycles. The second kappa shape index (κ2) is 5.86. The number of hydrogen-bond donors (Lipinski definition) is 1. The molecule has 2 heterocycles. The lowest BCUT2D eigenvalue weighted by Gasteiger charge is -2.19. The van der Waals surface area contributed by atoms with Gasteiger partial charge >= 0.3 is 0 Å². The van der Waals surface area contributed by atoms with Crippen LogP contribution < -0.4 is 15.2 Å². The number of aromatic nitrogens is 2. The Morgan fingerprint density at radius 1 is 1.44 bits per heavy atom. The summed E-state index contributed by atoms with van der Waals surface area (Å²) in [5, 5.41) is 0. The smallest absolute Gasteiger partial charge is 0.244 e. The van der Waals surface area contributed by atoms with E-state index in [-0.39, 0.29) is 0 Å². The van der Waals surface area contributed by atoms with E-state index in [0.29, 0.717) is 30.1 Å². The fourth-order valence-corrected chi connectivity index (χ4v) is 2.28. The first-order chi connectivity index (χ1) is 8.72. The van der Waals surface area contributed by atoms with Crippen molar-refractivity contribution in [1.82, 2.24) is 14.9 Å². The Kier molecular flexibility index (Phi) is 4.19. The van der Waals surface area contributed by atoms with Crippen molar-refractivity contribution in [2.75, 3.05) is 33.0 Å². The Morgan fingerprint density at radius 3 is 2.89 bits per heavy atom. The highest BCUT2D eigenvalue weighted by Gasteiger charge is 2.20. The van der Waals surface area contributed by atoms with E-state index >= 15 is 0 Å². The van der Waals surface area contributed by atoms with Gasteiger partial charge in [0.2, 0.25) is 11.8 Å². The van der Waals surface area contributed by atoms with Crippen LogP contribution in [-0.2, 0) is 0 Å². The monoisotopic (exact) mass is 252 g/mol. The summed E-state index contributed by atoms with van der Waals surface area (Å²) in [5.41, 5.74) is 6.19. The molecule has 2 N–H and O–H groups in total. The molecule has 1 saturated heterocycles. The fourth-order valence-electron chi connectivity index (χ4n) is 2.28. The molecular formula is C12H20N4O2. The summed E-state index contributed by atoms with van der Waals surface area (Å²) in [6.45, 7) is 1.79. The Bertz CT molecular complexity index is 400. The maximum Gasteiger partial charge on any atom is 0.244 e. The van der Waals surface area contributed by atoms with E-state index in [4.69, 9.17) is 15.2 Å². The molecule has 0 saturated carbocycles. The molecule has 0 amide bonds. The maximum atomic E-state index is 5.83. The van der Waals surface area contributed by atoms with E-state index in [1.54, 1.807) is 0 Å². The van der Waals surface area contributed by atoms with Crippen LogP contribution >= 0.6 is 0 Å². The summed E-state index contributed by atoms with van der Waals surface area (Å²) in [7, 11) is 3.68. The van der Waals surface area contributed by atoms with Gasteiger partial charge in [0.1, 0.15) is 6.33 Å². The molecular weight excluding hydrogens is 232 g/mol. The summed E-state index contributed by atoms with van der Waals surface area (Å²) in [6, 6.07) is 0.606. The normalized spacial score (nSPS) is 20.0. The van der Waals surface area contributed by atoms with Crippen LogP contribution in [-0.4, -0.2) is 48.2 Å². The van der Waals surface area contributed by atoms with E-state index in [2.05, 4.69) is 21.9 Å². The zero-order valence-corrected chi connectivity index (χ0v) is 10.9. The van der Waals surface area contributed by atoms with Crippen LogP contribution in [0.1, 0.15) is 19.3 Å². The SMILES string of the molecule is COc1ncnc(OCCC2CCCN2C)c1N. The van der Waals surface area contributed by atoms with Gasteiger partial charge < -0.3 is 20.1 Å². The minimum absolute atomic E-state index is 0.359. The summed E-state index contributed by atoms with van der Waals surface area (Å²) in [5.74, 6) is 0.764. The first kappa shape index (κ1) is 12.9. The van der Waals surface area contributed by atoms with E-state index in [0.717, 1.165) is 6.42 Å². The van der Waals surface area contributed by atoms with Crippen LogP contribution in [0.5, 0.6) is 11.8 Å². The topological polar surface area (TPSA) is 73.5 Å². The molecule has 2 rings (SSSR count). The summed E-state index contributed by atoms with van der Waals surface area (Å²) in [6.07, 6.45) is 4.89. The molecule has 1 atom stereocenters. The predicted octanol–water partition coefficient (Wildman–Crippen LogP) is 0.930. The van der Waals surface area contributed by atoms with Crippen LogP contribution in [0.4, 0.5) is 5.69 Å². The molecule has 6 nitrogen and oxygen atoms in total. The maximum absolute atomic E-state index is 5.83. The van der Waals surface area contributed by atoms with E-state index in [1.165, 1.54) is 32.8 Å². The fraction of sp³-hybridized carbons (Fsp3) is 0.667. The third-order valence-electron chi connectivity index (χ3n) is 3.37. The third kappa shape index (κ3) is 2.81. The number of hydrogen-bond acceptors (Lipinski definition) is 6. The van der Waals surface area contributed by atoms with Crippen LogP contribution in [0.15, 0.2) is 6.33 Å². The van der Waals surface area contributed by atoms with Crippen molar-refractivity contribution in [3.05, 3.63) is 6.33 Å². The lowest BCUT2D eigenvalue weighted by Crippen LogP contribution is -2.26. The molecule has 0 radical (unpaired) electrons. The zero-order valence-electron chi connectivity index (χ0n) is 10.9. The molecule has 1 unspecified atom stereocenters. The number of anilines is 1. The first-order valence-electron chi connectivity index (χ1n) is 6.20. The zero-order chi connectivity index (χ0) is 13.0. The van der Waals surface area contributed by atoms with Gasteiger partial charge in [-0.1, -0.05) is 0 Å². The quantitative estimate of drug-likeness (QED) is 0.840. The van der Waals surface area contributed by atoms with Crippen LogP contribution in [0.3, 0.4) is 0 Å². The van der Waals surface area contributed by atoms with Crippen LogP contribution in [0.2, 0.25) is 0 Å². The van der Waals surface area contributed by atoms with Crippen LogP contribution in [0, 0.1) is 0 Å². The van der Waals surface area contributed by atoms with Crippen molar-refractivity contribution in [3.8, 4) is 11.8 Å². The van der Waals surface area contributed by atoms with E-state index in [1.807, 2.05) is 0 Å². The van der Waals surface area contributed by atoms with Crippen molar-refractivity contribution in [1.29, 1.82) is 0 Å². The van der Waals surface area contributed by atoms with Gasteiger partial charge in [0.25, 0.3) is 0 Å². The molecule has 0 aliphatic carbocycles. The molecule has 1 aliphatic heterocycles. The first-order valence-corrected chi connectivity index (χ1v) is 6.20. The minimum atomic E-state index is 0.359. The van der Waals surface area contributed by atoms with Crippen molar-refractivity contribution in [2.24, 2.45) is 0 Å². The standard InChI is InChI=1S/C12H20N4O2/c1-16-6-3-4-9(16)5-7-18-12-10(13)11(17-2)14-8-15-12/h8-9H,3-7,13H2,1-2H3. The average molecular weight is 252 g/mol. The summed E-state index contributed by atoms with van der Waals surface area (Å²) >= 11 is 0. The molecule has 6 heteroatoms. The number of nitrogens with two attached hydrogens (primary N) is 1. The number of nitrogens with zero attached hydrogens (tertiary/aromatic N) is 3. The van der Waals surface area contributed by atoms with E-state index in [9.17, 15) is 0 Å². The third-order valence-corrected chi connectivity index (χ3v) is 3.37. The van der Waals surface area contributed by atoms with Gasteiger partial charge in [-0.3, -0.25) is 0 Å². The summed E-state index contributed by atoms with van der Waals surface area (Å²) < 4.78 is 10.6. The van der Waals surface area contributed by atoms with Gasteiger partial charge in [0, 0.05) is 6.04 Å². The van der Waals surface area contributed by atoms with E-state index < -0.39 is 0 Å². The number of methoxy groups -OCH3 is 1. The number of ether oxygens (including phenoxy) is 2. The molecule has 18 heavy (non-hydrogen) atoms. The van der Waals surface area contributed by atoms with Gasteiger partial charge in [-0.2, -0.15) is 9.97 Å². The Morgan fingerprint density at radius 2 is 2.22 bits per heavy atom. The molecule has 0 bridgehead atoms. The Balaban J connectivity index is 1.86. The number of likely N-dealkylation sites (tertiary alicyclic amines) is 1. The van der Waals surface area contributed by atoms with Gasteiger partial charge in [-0.25, -0.2) is 0 Å². The largest absolute Gasteiger partial charge is 0.479 e. The molecule has 100 valence electrons.